The molecule has 6 nitrogen and oxygen atoms in total. The topological polar surface area (TPSA) is 80.3 Å². The average molecular weight is 403 g/mol. The number of hydrogen-bond acceptors (Lipinski definition) is 4. The number of pyridine rings is 1. The molecule has 0 unspecified atom stereocenters. The van der Waals surface area contributed by atoms with Gasteiger partial charge in [-0.05, 0) is 62.2 Å². The van der Waals surface area contributed by atoms with E-state index in [1.165, 1.54) is 0 Å². The maximum atomic E-state index is 12.8. The van der Waals surface area contributed by atoms with Crippen LogP contribution in [0.5, 0.6) is 5.75 Å². The highest BCUT2D eigenvalue weighted by Gasteiger charge is 2.16. The first-order valence-corrected chi connectivity index (χ1v) is 9.79. The number of anilines is 1. The van der Waals surface area contributed by atoms with Crippen molar-refractivity contribution in [3.8, 4) is 5.75 Å². The maximum Gasteiger partial charge on any atom is 0.255 e. The molecule has 30 heavy (non-hydrogen) atoms. The summed E-state index contributed by atoms with van der Waals surface area (Å²) in [6.07, 6.45) is 3.22. The molecule has 0 spiro atoms. The molecule has 1 heterocycles. The predicted octanol–water partition coefficient (Wildman–Crippen LogP) is 4.36. The molecule has 0 bridgehead atoms. The summed E-state index contributed by atoms with van der Waals surface area (Å²) < 4.78 is 5.63. The van der Waals surface area contributed by atoms with Crippen molar-refractivity contribution in [2.24, 2.45) is 0 Å². The highest BCUT2D eigenvalue weighted by molar-refractivity contribution is 6.09. The fourth-order valence-electron chi connectivity index (χ4n) is 2.95. The van der Waals surface area contributed by atoms with Gasteiger partial charge in [0.05, 0.1) is 17.4 Å². The number of aromatic nitrogens is 1. The largest absolute Gasteiger partial charge is 0.491 e. The average Bonchev–Trinajstić information content (AvgIpc) is 2.74. The maximum absolute atomic E-state index is 12.8. The molecule has 0 radical (unpaired) electrons. The zero-order chi connectivity index (χ0) is 21.5. The van der Waals surface area contributed by atoms with Gasteiger partial charge >= 0.3 is 0 Å². The van der Waals surface area contributed by atoms with Crippen molar-refractivity contribution in [1.29, 1.82) is 0 Å². The highest BCUT2D eigenvalue weighted by Crippen LogP contribution is 2.22. The molecule has 0 fully saturated rings. The van der Waals surface area contributed by atoms with Crippen LogP contribution in [0.4, 0.5) is 5.69 Å². The van der Waals surface area contributed by atoms with Crippen LogP contribution < -0.4 is 15.4 Å². The third-order valence-corrected chi connectivity index (χ3v) is 4.45. The Bertz CT molecular complexity index is 1020. The Hall–Kier alpha value is -3.67. The second kappa shape index (κ2) is 9.69. The lowest BCUT2D eigenvalue weighted by Gasteiger charge is -2.14. The lowest BCUT2D eigenvalue weighted by atomic mass is 10.1. The van der Waals surface area contributed by atoms with Crippen LogP contribution in [-0.2, 0) is 6.54 Å². The molecule has 3 aromatic rings. The van der Waals surface area contributed by atoms with Crippen molar-refractivity contribution < 1.29 is 14.3 Å². The van der Waals surface area contributed by atoms with Crippen LogP contribution in [0.2, 0.25) is 0 Å². The van der Waals surface area contributed by atoms with Gasteiger partial charge in [0.2, 0.25) is 0 Å². The number of carbonyl (C=O) groups is 2. The lowest BCUT2D eigenvalue weighted by Crippen LogP contribution is -2.25. The Labute approximate surface area is 176 Å². The summed E-state index contributed by atoms with van der Waals surface area (Å²) in [7, 11) is 0. The van der Waals surface area contributed by atoms with E-state index < -0.39 is 0 Å². The number of aryl methyl sites for hydroxylation is 1. The van der Waals surface area contributed by atoms with Crippen LogP contribution in [0.15, 0.2) is 67.0 Å². The van der Waals surface area contributed by atoms with Crippen LogP contribution >= 0.6 is 0 Å². The fraction of sp³-hybridized carbons (Fsp3) is 0.208. The van der Waals surface area contributed by atoms with E-state index in [0.29, 0.717) is 23.4 Å². The molecule has 6 heteroatoms. The van der Waals surface area contributed by atoms with Crippen LogP contribution in [0.3, 0.4) is 0 Å². The van der Waals surface area contributed by atoms with Gasteiger partial charge in [0.25, 0.3) is 11.8 Å². The Balaban J connectivity index is 1.70. The second-order valence-electron chi connectivity index (χ2n) is 7.18. The van der Waals surface area contributed by atoms with Crippen LogP contribution in [-0.4, -0.2) is 22.9 Å². The van der Waals surface area contributed by atoms with Crippen molar-refractivity contribution >= 4 is 17.5 Å². The second-order valence-corrected chi connectivity index (χ2v) is 7.18. The van der Waals surface area contributed by atoms with Gasteiger partial charge < -0.3 is 15.4 Å². The molecule has 0 aliphatic rings. The van der Waals surface area contributed by atoms with E-state index in [2.05, 4.69) is 15.6 Å². The van der Waals surface area contributed by atoms with E-state index in [4.69, 9.17) is 4.74 Å². The number of carbonyl (C=O) groups excluding carboxylic acids is 2. The van der Waals surface area contributed by atoms with Gasteiger partial charge in [0.15, 0.2) is 0 Å². The van der Waals surface area contributed by atoms with Gasteiger partial charge in [0.1, 0.15) is 5.75 Å². The van der Waals surface area contributed by atoms with E-state index >= 15 is 0 Å². The van der Waals surface area contributed by atoms with Crippen molar-refractivity contribution in [3.05, 3.63) is 89.2 Å². The molecule has 0 atom stereocenters. The van der Waals surface area contributed by atoms with Crippen molar-refractivity contribution in [2.75, 3.05) is 5.32 Å². The molecule has 2 aromatic carbocycles. The Morgan fingerprint density at radius 3 is 2.33 bits per heavy atom. The standard InChI is InChI=1S/C24H25N3O3/c1-16(2)30-20-9-7-18(8-10-20)15-26-24(29)21-6-4-5-17(3)22(21)27-23(28)19-11-13-25-14-12-19/h4-14,16H,15H2,1-3H3,(H,26,29)(H,27,28). The minimum absolute atomic E-state index is 0.109. The van der Waals surface area contributed by atoms with Crippen LogP contribution in [0.1, 0.15) is 45.7 Å². The number of hydrogen-bond donors (Lipinski definition) is 2. The minimum atomic E-state index is -0.290. The van der Waals surface area contributed by atoms with Crippen molar-refractivity contribution in [2.45, 2.75) is 33.4 Å². The molecule has 0 saturated heterocycles. The molecule has 154 valence electrons. The summed E-state index contributed by atoms with van der Waals surface area (Å²) in [4.78, 5) is 29.3. The lowest BCUT2D eigenvalue weighted by molar-refractivity contribution is 0.0951. The van der Waals surface area contributed by atoms with Gasteiger partial charge in [-0.1, -0.05) is 24.3 Å². The molecule has 0 aliphatic carbocycles. The van der Waals surface area contributed by atoms with Gasteiger partial charge in [-0.3, -0.25) is 14.6 Å². The molecule has 1 aromatic heterocycles. The third kappa shape index (κ3) is 5.44. The minimum Gasteiger partial charge on any atom is -0.491 e. The van der Waals surface area contributed by atoms with Crippen molar-refractivity contribution in [1.82, 2.24) is 10.3 Å². The fourth-order valence-corrected chi connectivity index (χ4v) is 2.95. The number of rotatable bonds is 7. The quantitative estimate of drug-likeness (QED) is 0.614. The molecule has 0 aliphatic heterocycles. The number of ether oxygens (including phenoxy) is 1. The SMILES string of the molecule is Cc1cccc(C(=O)NCc2ccc(OC(C)C)cc2)c1NC(=O)c1ccncc1. The zero-order valence-electron chi connectivity index (χ0n) is 17.3. The van der Waals surface area contributed by atoms with Gasteiger partial charge in [-0.25, -0.2) is 0 Å². The number of para-hydroxylation sites is 1. The van der Waals surface area contributed by atoms with E-state index in [0.717, 1.165) is 16.9 Å². The molecule has 2 amide bonds. The van der Waals surface area contributed by atoms with E-state index in [1.807, 2.05) is 51.1 Å². The van der Waals surface area contributed by atoms with Gasteiger partial charge in [-0.2, -0.15) is 0 Å². The van der Waals surface area contributed by atoms with E-state index in [9.17, 15) is 9.59 Å². The van der Waals surface area contributed by atoms with E-state index in [-0.39, 0.29) is 17.9 Å². The molecule has 2 N–H and O–H groups in total. The zero-order valence-corrected chi connectivity index (χ0v) is 17.3. The van der Waals surface area contributed by atoms with Gasteiger partial charge in [0, 0.05) is 24.5 Å². The predicted molar refractivity (Wildman–Crippen MR) is 117 cm³/mol. The summed E-state index contributed by atoms with van der Waals surface area (Å²) in [6, 6.07) is 16.2. The van der Waals surface area contributed by atoms with Gasteiger partial charge in [-0.15, -0.1) is 0 Å². The monoisotopic (exact) mass is 403 g/mol. The first-order chi connectivity index (χ1) is 14.4. The molecular weight excluding hydrogens is 378 g/mol. The van der Waals surface area contributed by atoms with Crippen molar-refractivity contribution in [3.63, 3.8) is 0 Å². The number of nitrogens with zero attached hydrogens (tertiary/aromatic N) is 1. The molecule has 3 rings (SSSR count). The van der Waals surface area contributed by atoms with Crippen LogP contribution in [0.25, 0.3) is 0 Å². The van der Waals surface area contributed by atoms with Crippen LogP contribution in [0, 0.1) is 6.92 Å². The summed E-state index contributed by atoms with van der Waals surface area (Å²) >= 11 is 0. The third-order valence-electron chi connectivity index (χ3n) is 4.45. The normalized spacial score (nSPS) is 10.5. The first kappa shape index (κ1) is 21.0. The Morgan fingerprint density at radius 1 is 0.967 bits per heavy atom. The number of nitrogens with one attached hydrogen (secondary N) is 2. The molecule has 0 saturated carbocycles. The summed E-state index contributed by atoms with van der Waals surface area (Å²) in [6.45, 7) is 6.17. The van der Waals surface area contributed by atoms with E-state index in [1.54, 1.807) is 36.7 Å². The Kier molecular flexibility index (Phi) is 6.80. The Morgan fingerprint density at radius 2 is 1.67 bits per heavy atom. The summed E-state index contributed by atoms with van der Waals surface area (Å²) in [5.41, 5.74) is 3.15. The first-order valence-electron chi connectivity index (χ1n) is 9.79. The summed E-state index contributed by atoms with van der Waals surface area (Å²) in [5, 5.41) is 5.77. The smallest absolute Gasteiger partial charge is 0.255 e. The summed E-state index contributed by atoms with van der Waals surface area (Å²) in [5.74, 6) is 0.243. The highest BCUT2D eigenvalue weighted by atomic mass is 16.5. The molecular formula is C24H25N3O3. The number of benzene rings is 2. The number of amides is 2.